The summed E-state index contributed by atoms with van der Waals surface area (Å²) in [5.74, 6) is 1.44. The van der Waals surface area contributed by atoms with Gasteiger partial charge in [0.1, 0.15) is 16.6 Å². The molecule has 0 aliphatic heterocycles. The van der Waals surface area contributed by atoms with Crippen LogP contribution in [0.15, 0.2) is 79.0 Å². The first-order valence-electron chi connectivity index (χ1n) is 10.3. The van der Waals surface area contributed by atoms with Crippen molar-refractivity contribution in [3.8, 4) is 5.75 Å². The normalized spacial score (nSPS) is 11.6. The molecule has 4 aromatic rings. The van der Waals surface area contributed by atoms with Crippen LogP contribution >= 0.6 is 11.3 Å². The average Bonchev–Trinajstić information content (AvgIpc) is 3.17. The van der Waals surface area contributed by atoms with Crippen molar-refractivity contribution in [2.45, 2.75) is 19.9 Å². The van der Waals surface area contributed by atoms with Crippen LogP contribution in [-0.4, -0.2) is 18.0 Å². The lowest BCUT2D eigenvalue weighted by atomic mass is 9.99. The van der Waals surface area contributed by atoms with Gasteiger partial charge in [-0.25, -0.2) is 4.98 Å². The molecule has 0 spiro atoms. The van der Waals surface area contributed by atoms with Crippen LogP contribution in [0.4, 0.5) is 10.8 Å². The second-order valence-electron chi connectivity index (χ2n) is 7.53. The van der Waals surface area contributed by atoms with Gasteiger partial charge in [-0.3, -0.25) is 4.79 Å². The number of benzene rings is 2. The number of nitrogens with zero attached hydrogens (tertiary/aromatic N) is 1. The molecule has 1 atom stereocenters. The molecular formula is C26H25N3O2S. The van der Waals surface area contributed by atoms with E-state index in [4.69, 9.17) is 4.74 Å². The van der Waals surface area contributed by atoms with E-state index < -0.39 is 0 Å². The highest BCUT2D eigenvalue weighted by Gasteiger charge is 2.22. The van der Waals surface area contributed by atoms with E-state index in [-0.39, 0.29) is 11.9 Å². The Hall–Kier alpha value is -3.64. The molecule has 0 saturated heterocycles. The summed E-state index contributed by atoms with van der Waals surface area (Å²) in [5.41, 5.74) is 3.78. The highest BCUT2D eigenvalue weighted by molar-refractivity contribution is 7.16. The largest absolute Gasteiger partial charge is 0.497 e. The lowest BCUT2D eigenvalue weighted by Gasteiger charge is -2.21. The Bertz CT molecular complexity index is 1200. The molecule has 4 rings (SSSR count). The highest BCUT2D eigenvalue weighted by atomic mass is 32.1. The van der Waals surface area contributed by atoms with Crippen LogP contribution in [0.3, 0.4) is 0 Å². The van der Waals surface area contributed by atoms with Gasteiger partial charge < -0.3 is 15.4 Å². The Kier molecular flexibility index (Phi) is 6.52. The molecule has 162 valence electrons. The first-order valence-corrected chi connectivity index (χ1v) is 11.1. The van der Waals surface area contributed by atoms with E-state index in [1.807, 2.05) is 80.6 Å². The summed E-state index contributed by atoms with van der Waals surface area (Å²) in [6, 6.07) is 23.1. The number of aromatic nitrogens is 1. The Labute approximate surface area is 192 Å². The number of nitrogens with one attached hydrogen (secondary N) is 2. The summed E-state index contributed by atoms with van der Waals surface area (Å²) in [5, 5.41) is 7.49. The topological polar surface area (TPSA) is 63.2 Å². The van der Waals surface area contributed by atoms with Gasteiger partial charge in [0.15, 0.2) is 0 Å². The van der Waals surface area contributed by atoms with Crippen molar-refractivity contribution >= 4 is 28.1 Å². The van der Waals surface area contributed by atoms with Gasteiger partial charge in [-0.15, -0.1) is 11.3 Å². The van der Waals surface area contributed by atoms with Crippen LogP contribution in [-0.2, 0) is 0 Å². The van der Waals surface area contributed by atoms with Crippen molar-refractivity contribution in [3.63, 3.8) is 0 Å². The van der Waals surface area contributed by atoms with Gasteiger partial charge in [0.25, 0.3) is 5.91 Å². The Morgan fingerprint density at radius 3 is 2.44 bits per heavy atom. The lowest BCUT2D eigenvalue weighted by Crippen LogP contribution is -2.17. The fraction of sp³-hybridized carbons (Fsp3) is 0.154. The maximum Gasteiger partial charge on any atom is 0.256 e. The summed E-state index contributed by atoms with van der Waals surface area (Å²) in [6.45, 7) is 4.08. The van der Waals surface area contributed by atoms with Crippen LogP contribution in [0.1, 0.15) is 38.0 Å². The quantitative estimate of drug-likeness (QED) is 0.356. The van der Waals surface area contributed by atoms with Crippen molar-refractivity contribution in [2.75, 3.05) is 17.7 Å². The molecule has 0 fully saturated rings. The summed E-state index contributed by atoms with van der Waals surface area (Å²) in [7, 11) is 1.65. The van der Waals surface area contributed by atoms with Crippen molar-refractivity contribution in [1.29, 1.82) is 0 Å². The number of pyridine rings is 1. The zero-order valence-electron chi connectivity index (χ0n) is 18.3. The number of hydrogen-bond donors (Lipinski definition) is 2. The third-order valence-corrected chi connectivity index (χ3v) is 6.10. The van der Waals surface area contributed by atoms with E-state index in [2.05, 4.69) is 21.7 Å². The standard InChI is InChI=1S/C26H25N3O2S/c1-17-13-14-27-23(15-17)28-24(19-9-11-21(31-3)12-10-19)22-16-18(2)32-26(22)29-25(30)20-7-5-4-6-8-20/h4-16,24H,1-3H3,(H,27,28)(H,29,30)/t24-/m1/s1. The summed E-state index contributed by atoms with van der Waals surface area (Å²) in [6.07, 6.45) is 1.79. The van der Waals surface area contributed by atoms with E-state index in [0.717, 1.165) is 38.1 Å². The molecule has 0 radical (unpaired) electrons. The van der Waals surface area contributed by atoms with Crippen LogP contribution in [0, 0.1) is 13.8 Å². The van der Waals surface area contributed by atoms with Crippen LogP contribution in [0.25, 0.3) is 0 Å². The maximum absolute atomic E-state index is 12.9. The van der Waals surface area contributed by atoms with Gasteiger partial charge in [-0.2, -0.15) is 0 Å². The fourth-order valence-corrected chi connectivity index (χ4v) is 4.46. The number of rotatable bonds is 7. The highest BCUT2D eigenvalue weighted by Crippen LogP contribution is 2.38. The Morgan fingerprint density at radius 2 is 1.75 bits per heavy atom. The Balaban J connectivity index is 1.72. The summed E-state index contributed by atoms with van der Waals surface area (Å²) >= 11 is 1.56. The second-order valence-corrected chi connectivity index (χ2v) is 8.79. The summed E-state index contributed by atoms with van der Waals surface area (Å²) in [4.78, 5) is 18.5. The van der Waals surface area contributed by atoms with E-state index in [0.29, 0.717) is 5.56 Å². The second kappa shape index (κ2) is 9.66. The molecule has 2 aromatic heterocycles. The first kappa shape index (κ1) is 21.6. The van der Waals surface area contributed by atoms with E-state index in [1.165, 1.54) is 0 Å². The maximum atomic E-state index is 12.9. The molecule has 5 nitrogen and oxygen atoms in total. The van der Waals surface area contributed by atoms with E-state index in [9.17, 15) is 4.79 Å². The minimum absolute atomic E-state index is 0.129. The molecule has 32 heavy (non-hydrogen) atoms. The van der Waals surface area contributed by atoms with Crippen molar-refractivity contribution in [1.82, 2.24) is 4.98 Å². The van der Waals surface area contributed by atoms with Crippen LogP contribution in [0.5, 0.6) is 5.75 Å². The number of hydrogen-bond acceptors (Lipinski definition) is 5. The number of methoxy groups -OCH3 is 1. The number of carbonyl (C=O) groups is 1. The van der Waals surface area contributed by atoms with Gasteiger partial charge >= 0.3 is 0 Å². The smallest absolute Gasteiger partial charge is 0.256 e. The molecule has 6 heteroatoms. The number of ether oxygens (including phenoxy) is 1. The molecule has 2 aromatic carbocycles. The lowest BCUT2D eigenvalue weighted by molar-refractivity contribution is 0.102. The van der Waals surface area contributed by atoms with Gasteiger partial charge in [0.2, 0.25) is 0 Å². The zero-order chi connectivity index (χ0) is 22.5. The number of thiophene rings is 1. The number of amides is 1. The first-order chi connectivity index (χ1) is 15.5. The minimum atomic E-state index is -0.203. The molecule has 0 aliphatic carbocycles. The van der Waals surface area contributed by atoms with Crippen LogP contribution < -0.4 is 15.4 Å². The molecule has 2 heterocycles. The molecule has 0 unspecified atom stereocenters. The molecule has 1 amide bonds. The SMILES string of the molecule is COc1ccc([C@@H](Nc2cc(C)ccn2)c2cc(C)sc2NC(=O)c2ccccc2)cc1. The molecule has 2 N–H and O–H groups in total. The van der Waals surface area contributed by atoms with Gasteiger partial charge in [0, 0.05) is 22.2 Å². The van der Waals surface area contributed by atoms with Gasteiger partial charge in [-0.05, 0) is 67.4 Å². The molecule has 0 aliphatic rings. The van der Waals surface area contributed by atoms with Crippen molar-refractivity contribution in [3.05, 3.63) is 106 Å². The van der Waals surface area contributed by atoms with Crippen LogP contribution in [0.2, 0.25) is 0 Å². The van der Waals surface area contributed by atoms with E-state index >= 15 is 0 Å². The third kappa shape index (κ3) is 4.98. The van der Waals surface area contributed by atoms with Gasteiger partial charge in [-0.1, -0.05) is 30.3 Å². The zero-order valence-corrected chi connectivity index (χ0v) is 19.1. The fourth-order valence-electron chi connectivity index (χ4n) is 3.51. The number of carbonyl (C=O) groups excluding carboxylic acids is 1. The molecule has 0 bridgehead atoms. The minimum Gasteiger partial charge on any atom is -0.497 e. The molecular weight excluding hydrogens is 418 g/mol. The van der Waals surface area contributed by atoms with Crippen molar-refractivity contribution < 1.29 is 9.53 Å². The van der Waals surface area contributed by atoms with E-state index in [1.54, 1.807) is 24.6 Å². The predicted molar refractivity (Wildman–Crippen MR) is 131 cm³/mol. The Morgan fingerprint density at radius 1 is 1.00 bits per heavy atom. The monoisotopic (exact) mass is 443 g/mol. The van der Waals surface area contributed by atoms with Gasteiger partial charge in [0.05, 0.1) is 13.2 Å². The average molecular weight is 444 g/mol. The van der Waals surface area contributed by atoms with Crippen molar-refractivity contribution in [2.24, 2.45) is 0 Å². The molecule has 0 saturated carbocycles. The number of anilines is 2. The number of aryl methyl sites for hydroxylation is 2. The third-order valence-electron chi connectivity index (χ3n) is 5.11. The summed E-state index contributed by atoms with van der Waals surface area (Å²) < 4.78 is 5.33. The predicted octanol–water partition coefficient (Wildman–Crippen LogP) is 6.22.